The van der Waals surface area contributed by atoms with Crippen LogP contribution in [0.2, 0.25) is 5.02 Å². The Kier molecular flexibility index (Phi) is 17.0. The Morgan fingerprint density at radius 2 is 1.63 bits per heavy atom. The molecule has 428 valence electrons. The van der Waals surface area contributed by atoms with Crippen molar-refractivity contribution in [2.75, 3.05) is 90.0 Å². The van der Waals surface area contributed by atoms with Crippen molar-refractivity contribution in [3.05, 3.63) is 107 Å². The number of carbonyl (C=O) groups is 4. The summed E-state index contributed by atoms with van der Waals surface area (Å²) in [5.41, 5.74) is 4.58. The van der Waals surface area contributed by atoms with Crippen molar-refractivity contribution in [3.8, 4) is 33.3 Å². The van der Waals surface area contributed by atoms with Gasteiger partial charge >= 0.3 is 6.01 Å². The fourth-order valence-corrected chi connectivity index (χ4v) is 12.8. The molecule has 0 radical (unpaired) electrons. The zero-order chi connectivity index (χ0) is 57.4. The molecule has 4 N–H and O–H groups in total. The van der Waals surface area contributed by atoms with Gasteiger partial charge in [0, 0.05) is 102 Å². The minimum Gasteiger partial charge on any atom is -0.508 e. The van der Waals surface area contributed by atoms with Crippen LogP contribution in [0.25, 0.3) is 43.2 Å². The van der Waals surface area contributed by atoms with E-state index in [0.29, 0.717) is 74.0 Å². The first-order valence-corrected chi connectivity index (χ1v) is 29.0. The Hall–Kier alpha value is -6.81. The molecule has 0 bridgehead atoms. The molecule has 2 aromatic heterocycles. The summed E-state index contributed by atoms with van der Waals surface area (Å²) in [6.45, 7) is 21.9. The van der Waals surface area contributed by atoms with Gasteiger partial charge < -0.3 is 40.3 Å². The summed E-state index contributed by atoms with van der Waals surface area (Å²) in [6.07, 6.45) is 0.132. The molecule has 4 aliphatic heterocycles. The van der Waals surface area contributed by atoms with Gasteiger partial charge in [-0.2, -0.15) is 9.97 Å². The number of aromatic hydroxyl groups is 1. The fraction of sp³-hybridized carbons (Fsp3) is 0.450. The van der Waals surface area contributed by atoms with Crippen molar-refractivity contribution >= 4 is 74.1 Å². The molecular weight excluding hydrogens is 1070 g/mol. The van der Waals surface area contributed by atoms with E-state index in [1.54, 1.807) is 28.4 Å². The highest BCUT2D eigenvalue weighted by molar-refractivity contribution is 7.13. The van der Waals surface area contributed by atoms with Gasteiger partial charge in [0.1, 0.15) is 35.3 Å². The number of rotatable bonds is 16. The van der Waals surface area contributed by atoms with Crippen LogP contribution in [-0.2, 0) is 19.2 Å². The number of β-amino-alcohol motifs (C(OH)–C–C–N with tert-alkyl or cyclic N) is 1. The third-order valence-electron chi connectivity index (χ3n) is 16.1. The van der Waals surface area contributed by atoms with Gasteiger partial charge in [0.15, 0.2) is 5.82 Å². The number of phenols is 1. The van der Waals surface area contributed by atoms with E-state index in [9.17, 15) is 29.4 Å². The van der Waals surface area contributed by atoms with E-state index < -0.39 is 35.3 Å². The highest BCUT2D eigenvalue weighted by Gasteiger charge is 2.45. The second-order valence-electron chi connectivity index (χ2n) is 23.0. The largest absolute Gasteiger partial charge is 0.508 e. The Morgan fingerprint density at radius 1 is 0.914 bits per heavy atom. The SMILES string of the molecule is C=CC(=O)N1CCN(c2nc(O[C@H](C)CN3CC(N4CCN(CC(=O)N[C@H](C(=O)N5C[C@H](O)C[C@H]5C(=O)N[C@@H](C)c5ccc(-c6scnc6C)cc5)C(C)(C)C)CC4)C3)nc3c(F)c(-c4cc(O)cc5ccccc45)c(Cl)cc23)CC1. The van der Waals surface area contributed by atoms with Crippen LogP contribution in [-0.4, -0.2) is 189 Å². The summed E-state index contributed by atoms with van der Waals surface area (Å²) in [5.74, 6) is -1.48. The number of halogens is 2. The van der Waals surface area contributed by atoms with Crippen molar-refractivity contribution in [1.29, 1.82) is 0 Å². The molecule has 4 amide bonds. The first-order valence-electron chi connectivity index (χ1n) is 27.7. The minimum atomic E-state index is -0.934. The van der Waals surface area contributed by atoms with E-state index in [2.05, 4.69) is 41.9 Å². The number of anilines is 1. The molecule has 4 aliphatic rings. The van der Waals surface area contributed by atoms with Crippen molar-refractivity contribution in [2.24, 2.45) is 5.41 Å². The molecule has 18 nitrogen and oxygen atoms in total. The van der Waals surface area contributed by atoms with Crippen LogP contribution in [0.5, 0.6) is 11.8 Å². The minimum absolute atomic E-state index is 0.00571. The lowest BCUT2D eigenvalue weighted by Gasteiger charge is -2.48. The standard InChI is InChI=1S/C60H71ClFN11O7S/c1-8-50(77)71-21-23-72(24-22-71)56-46-28-47(61)51(45-26-42(74)25-40-11-9-10-12-44(40)45)52(62)53(46)66-59(67-56)80-35(2)29-69-30-41(31-69)70-19-17-68(18-20-70)33-49(76)65-55(60(5,6)7)58(79)73-32-43(75)27-48(73)57(78)64-36(3)38-13-15-39(16-14-38)54-37(4)63-34-81-54/h8-16,25-26,28,34-36,41,43,48,55,74-75H,1,17-24,27,29-33H2,2-7H3,(H,64,78)(H,65,76)/t35-,36+,43-,48+,55-/m1/s1. The van der Waals surface area contributed by atoms with Crippen LogP contribution in [0.3, 0.4) is 0 Å². The number of aryl methyl sites for hydroxylation is 1. The lowest BCUT2D eigenvalue weighted by atomic mass is 9.85. The first kappa shape index (κ1) is 57.4. The van der Waals surface area contributed by atoms with Gasteiger partial charge in [0.25, 0.3) is 0 Å². The molecular formula is C60H71ClFN11O7S. The molecule has 0 saturated carbocycles. The molecule has 21 heteroatoms. The van der Waals surface area contributed by atoms with E-state index >= 15 is 4.39 Å². The number of nitrogens with zero attached hydrogens (tertiary/aromatic N) is 9. The van der Waals surface area contributed by atoms with E-state index in [4.69, 9.17) is 21.3 Å². The summed E-state index contributed by atoms with van der Waals surface area (Å²) >= 11 is 8.52. The number of aromatic nitrogens is 3. The second kappa shape index (κ2) is 24.0. The number of amides is 4. The number of hydrogen-bond donors (Lipinski definition) is 4. The fourth-order valence-electron chi connectivity index (χ4n) is 11.7. The third kappa shape index (κ3) is 12.5. The molecule has 81 heavy (non-hydrogen) atoms. The Balaban J connectivity index is 0.730. The molecule has 4 saturated heterocycles. The van der Waals surface area contributed by atoms with Gasteiger partial charge in [-0.3, -0.25) is 33.9 Å². The predicted molar refractivity (Wildman–Crippen MR) is 313 cm³/mol. The maximum absolute atomic E-state index is 17.2. The number of nitrogens with one attached hydrogen (secondary N) is 2. The number of likely N-dealkylation sites (tertiary alicyclic amines) is 2. The van der Waals surface area contributed by atoms with Gasteiger partial charge in [-0.05, 0) is 77.9 Å². The quantitative estimate of drug-likeness (QED) is 0.0751. The number of fused-ring (bicyclic) bond motifs is 2. The lowest BCUT2D eigenvalue weighted by molar-refractivity contribution is -0.144. The molecule has 10 rings (SSSR count). The highest BCUT2D eigenvalue weighted by atomic mass is 35.5. The van der Waals surface area contributed by atoms with Crippen LogP contribution >= 0.6 is 22.9 Å². The van der Waals surface area contributed by atoms with Crippen LogP contribution in [0.4, 0.5) is 10.2 Å². The van der Waals surface area contributed by atoms with Crippen molar-refractivity contribution in [1.82, 2.24) is 50.1 Å². The summed E-state index contributed by atoms with van der Waals surface area (Å²) in [6, 6.07) is 18.3. The predicted octanol–water partition coefficient (Wildman–Crippen LogP) is 6.65. The van der Waals surface area contributed by atoms with Gasteiger partial charge in [-0.25, -0.2) is 9.37 Å². The monoisotopic (exact) mass is 1140 g/mol. The normalized spacial score (nSPS) is 19.8. The molecule has 5 atom stereocenters. The Morgan fingerprint density at radius 3 is 2.31 bits per heavy atom. The van der Waals surface area contributed by atoms with Crippen LogP contribution in [0.15, 0.2) is 84.9 Å². The maximum Gasteiger partial charge on any atom is 0.319 e. The Labute approximate surface area is 480 Å². The Bertz CT molecular complexity index is 3340. The van der Waals surface area contributed by atoms with E-state index in [-0.39, 0.29) is 77.2 Å². The molecule has 0 unspecified atom stereocenters. The number of aliphatic hydroxyl groups excluding tert-OH is 1. The van der Waals surface area contributed by atoms with Crippen LogP contribution < -0.4 is 20.3 Å². The number of hydrogen-bond acceptors (Lipinski definition) is 15. The lowest BCUT2D eigenvalue weighted by Crippen LogP contribution is -2.64. The smallest absolute Gasteiger partial charge is 0.319 e. The third-order valence-corrected chi connectivity index (χ3v) is 17.4. The summed E-state index contributed by atoms with van der Waals surface area (Å²) < 4.78 is 23.6. The second-order valence-corrected chi connectivity index (χ2v) is 24.3. The van der Waals surface area contributed by atoms with Gasteiger partial charge in [-0.1, -0.05) is 87.5 Å². The number of aliphatic hydroxyl groups is 1. The first-order chi connectivity index (χ1) is 38.7. The van der Waals surface area contributed by atoms with Crippen molar-refractivity contribution in [3.63, 3.8) is 0 Å². The summed E-state index contributed by atoms with van der Waals surface area (Å²) in [4.78, 5) is 81.3. The molecule has 4 aromatic carbocycles. The number of benzene rings is 4. The van der Waals surface area contributed by atoms with E-state index in [1.165, 1.54) is 17.0 Å². The molecule has 0 spiro atoms. The molecule has 6 aromatic rings. The number of ether oxygens (including phenoxy) is 1. The zero-order valence-electron chi connectivity index (χ0n) is 46.7. The molecule has 4 fully saturated rings. The number of thiazole rings is 1. The average molecular weight is 1140 g/mol. The number of phenolic OH excluding ortho intramolecular Hbond substituents is 1. The van der Waals surface area contributed by atoms with E-state index in [1.807, 2.05) is 100 Å². The van der Waals surface area contributed by atoms with Gasteiger partial charge in [-0.15, -0.1) is 11.3 Å². The number of carbonyl (C=O) groups excluding carboxylic acids is 4. The zero-order valence-corrected chi connectivity index (χ0v) is 48.3. The summed E-state index contributed by atoms with van der Waals surface area (Å²) in [7, 11) is 0. The van der Waals surface area contributed by atoms with Crippen molar-refractivity contribution in [2.45, 2.75) is 84.3 Å². The van der Waals surface area contributed by atoms with Gasteiger partial charge in [0.2, 0.25) is 23.6 Å². The summed E-state index contributed by atoms with van der Waals surface area (Å²) in [5, 5.41) is 29.5. The number of piperazine rings is 2. The molecule has 6 heterocycles. The van der Waals surface area contributed by atoms with Crippen LogP contribution in [0.1, 0.15) is 58.3 Å². The topological polar surface area (TPSA) is 200 Å². The van der Waals surface area contributed by atoms with Crippen molar-refractivity contribution < 1.29 is 38.5 Å². The average Bonchev–Trinajstić information content (AvgIpc) is 3.90. The molecule has 0 aliphatic carbocycles. The van der Waals surface area contributed by atoms with Crippen LogP contribution in [0, 0.1) is 18.2 Å². The maximum atomic E-state index is 17.2. The highest BCUT2D eigenvalue weighted by Crippen LogP contribution is 2.43. The van der Waals surface area contributed by atoms with Gasteiger partial charge in [0.05, 0.1) is 39.8 Å². The van der Waals surface area contributed by atoms with E-state index in [0.717, 1.165) is 53.3 Å².